The minimum Gasteiger partial charge on any atom is -0.351 e. The van der Waals surface area contributed by atoms with Gasteiger partial charge < -0.3 is 10.2 Å². The minimum atomic E-state index is 0.509. The molecule has 1 fully saturated rings. The number of piperazine rings is 1. The van der Waals surface area contributed by atoms with E-state index >= 15 is 0 Å². The molecular formula is C11H16BrN3. The second-order valence-corrected chi connectivity index (χ2v) is 5.06. The van der Waals surface area contributed by atoms with Gasteiger partial charge in [0, 0.05) is 35.8 Å². The summed E-state index contributed by atoms with van der Waals surface area (Å²) < 4.78 is 1.03. The highest BCUT2D eigenvalue weighted by Gasteiger charge is 2.22. The van der Waals surface area contributed by atoms with E-state index in [4.69, 9.17) is 0 Å². The van der Waals surface area contributed by atoms with Crippen LogP contribution in [-0.4, -0.2) is 30.2 Å². The van der Waals surface area contributed by atoms with E-state index < -0.39 is 0 Å². The first-order valence-electron chi connectivity index (χ1n) is 5.28. The quantitative estimate of drug-likeness (QED) is 0.846. The lowest BCUT2D eigenvalue weighted by Crippen LogP contribution is -2.54. The molecule has 1 aliphatic rings. The maximum Gasteiger partial charge on any atom is 0.128 e. The van der Waals surface area contributed by atoms with Crippen LogP contribution >= 0.6 is 15.9 Å². The highest BCUT2D eigenvalue weighted by molar-refractivity contribution is 9.10. The topological polar surface area (TPSA) is 28.2 Å². The predicted molar refractivity (Wildman–Crippen MR) is 66.2 cm³/mol. The summed E-state index contributed by atoms with van der Waals surface area (Å²) in [5, 5.41) is 3.46. The monoisotopic (exact) mass is 269 g/mol. The number of hydrogen-bond acceptors (Lipinski definition) is 3. The van der Waals surface area contributed by atoms with E-state index in [1.165, 1.54) is 0 Å². The van der Waals surface area contributed by atoms with Gasteiger partial charge in [0.1, 0.15) is 5.82 Å². The van der Waals surface area contributed by atoms with Crippen LogP contribution in [0.5, 0.6) is 0 Å². The molecule has 0 aromatic carbocycles. The first kappa shape index (κ1) is 10.9. The van der Waals surface area contributed by atoms with Gasteiger partial charge in [-0.3, -0.25) is 0 Å². The van der Waals surface area contributed by atoms with Crippen molar-refractivity contribution >= 4 is 21.7 Å². The molecule has 2 unspecified atom stereocenters. The molecule has 1 N–H and O–H groups in total. The number of pyridine rings is 1. The van der Waals surface area contributed by atoms with Crippen LogP contribution in [0.15, 0.2) is 22.8 Å². The Bertz CT molecular complexity index is 325. The van der Waals surface area contributed by atoms with E-state index in [-0.39, 0.29) is 0 Å². The molecule has 1 aromatic heterocycles. The summed E-state index contributed by atoms with van der Waals surface area (Å²) in [5.74, 6) is 1.07. The lowest BCUT2D eigenvalue weighted by Gasteiger charge is -2.38. The molecule has 2 rings (SSSR count). The fourth-order valence-corrected chi connectivity index (χ4v) is 2.11. The Labute approximate surface area is 99.0 Å². The first-order valence-corrected chi connectivity index (χ1v) is 6.07. The fraction of sp³-hybridized carbons (Fsp3) is 0.545. The number of hydrogen-bond donors (Lipinski definition) is 1. The van der Waals surface area contributed by atoms with Gasteiger partial charge in [0.25, 0.3) is 0 Å². The van der Waals surface area contributed by atoms with Crippen molar-refractivity contribution in [3.8, 4) is 0 Å². The van der Waals surface area contributed by atoms with Crippen LogP contribution in [0.4, 0.5) is 5.82 Å². The number of halogens is 1. The van der Waals surface area contributed by atoms with Crippen molar-refractivity contribution in [2.75, 3.05) is 18.0 Å². The third kappa shape index (κ3) is 2.49. The molecule has 0 aliphatic carbocycles. The zero-order valence-corrected chi connectivity index (χ0v) is 10.7. The lowest BCUT2D eigenvalue weighted by molar-refractivity contribution is 0.422. The van der Waals surface area contributed by atoms with E-state index in [9.17, 15) is 0 Å². The molecule has 1 aliphatic heterocycles. The molecule has 0 saturated carbocycles. The van der Waals surface area contributed by atoms with Crippen molar-refractivity contribution in [2.24, 2.45) is 0 Å². The van der Waals surface area contributed by atoms with Crippen molar-refractivity contribution in [3.63, 3.8) is 0 Å². The SMILES string of the molecule is CC1CN(c2ccc(Br)cn2)C(C)CN1. The zero-order valence-electron chi connectivity index (χ0n) is 9.07. The van der Waals surface area contributed by atoms with E-state index in [1.54, 1.807) is 0 Å². The van der Waals surface area contributed by atoms with Crippen LogP contribution < -0.4 is 10.2 Å². The molecule has 2 heterocycles. The summed E-state index contributed by atoms with van der Waals surface area (Å²) in [6.07, 6.45) is 1.86. The fourth-order valence-electron chi connectivity index (χ4n) is 1.88. The highest BCUT2D eigenvalue weighted by Crippen LogP contribution is 2.19. The van der Waals surface area contributed by atoms with E-state index in [0.717, 1.165) is 23.4 Å². The van der Waals surface area contributed by atoms with Crippen molar-refractivity contribution in [1.29, 1.82) is 0 Å². The van der Waals surface area contributed by atoms with E-state index in [0.29, 0.717) is 12.1 Å². The van der Waals surface area contributed by atoms with E-state index in [2.05, 4.69) is 51.0 Å². The zero-order chi connectivity index (χ0) is 10.8. The second kappa shape index (κ2) is 4.49. The Hall–Kier alpha value is -0.610. The van der Waals surface area contributed by atoms with Gasteiger partial charge in [0.2, 0.25) is 0 Å². The van der Waals surface area contributed by atoms with Crippen molar-refractivity contribution in [2.45, 2.75) is 25.9 Å². The molecule has 82 valence electrons. The lowest BCUT2D eigenvalue weighted by atomic mass is 10.1. The first-order chi connectivity index (χ1) is 7.16. The van der Waals surface area contributed by atoms with Crippen LogP contribution in [0.3, 0.4) is 0 Å². The maximum atomic E-state index is 4.44. The molecule has 0 spiro atoms. The molecule has 1 aromatic rings. The molecule has 4 heteroatoms. The summed E-state index contributed by atoms with van der Waals surface area (Å²) in [7, 11) is 0. The average Bonchev–Trinajstić information content (AvgIpc) is 2.23. The van der Waals surface area contributed by atoms with Gasteiger partial charge in [-0.1, -0.05) is 0 Å². The van der Waals surface area contributed by atoms with Crippen molar-refractivity contribution < 1.29 is 0 Å². The van der Waals surface area contributed by atoms with Gasteiger partial charge in [-0.2, -0.15) is 0 Å². The highest BCUT2D eigenvalue weighted by atomic mass is 79.9. The largest absolute Gasteiger partial charge is 0.351 e. The molecule has 3 nitrogen and oxygen atoms in total. The minimum absolute atomic E-state index is 0.509. The molecule has 0 radical (unpaired) electrons. The second-order valence-electron chi connectivity index (χ2n) is 4.15. The van der Waals surface area contributed by atoms with Crippen LogP contribution in [-0.2, 0) is 0 Å². The van der Waals surface area contributed by atoms with Gasteiger partial charge >= 0.3 is 0 Å². The van der Waals surface area contributed by atoms with Crippen LogP contribution in [0, 0.1) is 0 Å². The Morgan fingerprint density at radius 3 is 2.93 bits per heavy atom. The van der Waals surface area contributed by atoms with Crippen molar-refractivity contribution in [3.05, 3.63) is 22.8 Å². The Balaban J connectivity index is 2.17. The summed E-state index contributed by atoms with van der Waals surface area (Å²) in [5.41, 5.74) is 0. The van der Waals surface area contributed by atoms with Gasteiger partial charge in [-0.25, -0.2) is 4.98 Å². The number of nitrogens with zero attached hydrogens (tertiary/aromatic N) is 2. The van der Waals surface area contributed by atoms with Crippen LogP contribution in [0.2, 0.25) is 0 Å². The normalized spacial score (nSPS) is 26.7. The molecule has 0 amide bonds. The number of aromatic nitrogens is 1. The number of rotatable bonds is 1. The van der Waals surface area contributed by atoms with Crippen LogP contribution in [0.25, 0.3) is 0 Å². The summed E-state index contributed by atoms with van der Waals surface area (Å²) in [6, 6.07) is 5.15. The molecular weight excluding hydrogens is 254 g/mol. The van der Waals surface area contributed by atoms with Gasteiger partial charge in [0.15, 0.2) is 0 Å². The Kier molecular flexibility index (Phi) is 3.26. The molecule has 15 heavy (non-hydrogen) atoms. The number of nitrogens with one attached hydrogen (secondary N) is 1. The predicted octanol–water partition coefficient (Wildman–Crippen LogP) is 2.03. The van der Waals surface area contributed by atoms with Gasteiger partial charge in [-0.05, 0) is 41.9 Å². The van der Waals surface area contributed by atoms with Crippen LogP contribution in [0.1, 0.15) is 13.8 Å². The Morgan fingerprint density at radius 2 is 2.27 bits per heavy atom. The smallest absolute Gasteiger partial charge is 0.128 e. The Morgan fingerprint density at radius 1 is 1.47 bits per heavy atom. The molecule has 2 atom stereocenters. The summed E-state index contributed by atoms with van der Waals surface area (Å²) in [6.45, 7) is 6.48. The van der Waals surface area contributed by atoms with Crippen molar-refractivity contribution in [1.82, 2.24) is 10.3 Å². The standard InChI is InChI=1S/C11H16BrN3/c1-8-7-15(9(2)5-13-8)11-4-3-10(12)6-14-11/h3-4,6,8-9,13H,5,7H2,1-2H3. The third-order valence-corrected chi connectivity index (χ3v) is 3.24. The number of anilines is 1. The average molecular weight is 270 g/mol. The van der Waals surface area contributed by atoms with E-state index in [1.807, 2.05) is 12.3 Å². The molecule has 1 saturated heterocycles. The third-order valence-electron chi connectivity index (χ3n) is 2.77. The maximum absolute atomic E-state index is 4.44. The van der Waals surface area contributed by atoms with Gasteiger partial charge in [0.05, 0.1) is 0 Å². The summed E-state index contributed by atoms with van der Waals surface area (Å²) >= 11 is 3.40. The van der Waals surface area contributed by atoms with Gasteiger partial charge in [-0.15, -0.1) is 0 Å². The molecule has 0 bridgehead atoms. The summed E-state index contributed by atoms with van der Waals surface area (Å²) in [4.78, 5) is 6.79.